The van der Waals surface area contributed by atoms with Crippen LogP contribution in [0.4, 0.5) is 5.69 Å². The molecule has 4 rings (SSSR count). The van der Waals surface area contributed by atoms with Gasteiger partial charge in [-0.3, -0.25) is 4.79 Å². The Morgan fingerprint density at radius 1 is 1.20 bits per heavy atom. The molecule has 1 aromatic carbocycles. The Morgan fingerprint density at radius 2 is 2.04 bits per heavy atom. The number of carbonyl (C=O) groups excluding carboxylic acids is 2. The molecule has 25 heavy (non-hydrogen) atoms. The molecule has 1 aliphatic heterocycles. The molecule has 6 nitrogen and oxygen atoms in total. The highest BCUT2D eigenvalue weighted by atomic mass is 32.1. The Balaban J connectivity index is 1.37. The first-order valence-corrected chi connectivity index (χ1v) is 8.95. The maximum atomic E-state index is 12.3. The average molecular weight is 359 g/mol. The number of hydrogen-bond acceptors (Lipinski definition) is 6. The van der Waals surface area contributed by atoms with Crippen molar-refractivity contribution in [1.82, 2.24) is 0 Å². The van der Waals surface area contributed by atoms with Crippen molar-refractivity contribution >= 4 is 28.9 Å². The van der Waals surface area contributed by atoms with Crippen LogP contribution >= 0.6 is 11.3 Å². The first-order chi connectivity index (χ1) is 12.1. The second-order valence-electron chi connectivity index (χ2n) is 6.02. The van der Waals surface area contributed by atoms with Gasteiger partial charge in [0.1, 0.15) is 4.88 Å². The smallest absolute Gasteiger partial charge is 0.349 e. The van der Waals surface area contributed by atoms with Crippen molar-refractivity contribution in [2.24, 2.45) is 0 Å². The van der Waals surface area contributed by atoms with Crippen LogP contribution in [0.1, 0.15) is 33.5 Å². The standard InChI is InChI=1S/C18H17NO5S/c1-10(24-18(21)16-7-11-3-2-4-15(11)25-16)17(20)19-12-5-6-13-14(8-12)23-9-22-13/h5-8,10H,2-4,9H2,1H3,(H,19,20). The lowest BCUT2D eigenvalue weighted by atomic mass is 10.2. The summed E-state index contributed by atoms with van der Waals surface area (Å²) in [4.78, 5) is 26.3. The normalized spacial score (nSPS) is 15.6. The summed E-state index contributed by atoms with van der Waals surface area (Å²) in [5.41, 5.74) is 1.79. The lowest BCUT2D eigenvalue weighted by molar-refractivity contribution is -0.123. The zero-order chi connectivity index (χ0) is 17.4. The molecule has 0 saturated carbocycles. The van der Waals surface area contributed by atoms with Gasteiger partial charge in [-0.2, -0.15) is 0 Å². The van der Waals surface area contributed by atoms with Gasteiger partial charge in [0.2, 0.25) is 6.79 Å². The van der Waals surface area contributed by atoms with Crippen LogP contribution in [0.25, 0.3) is 0 Å². The number of carbonyl (C=O) groups is 2. The summed E-state index contributed by atoms with van der Waals surface area (Å²) < 4.78 is 15.8. The third-order valence-corrected chi connectivity index (χ3v) is 5.46. The van der Waals surface area contributed by atoms with E-state index in [4.69, 9.17) is 14.2 Å². The molecule has 2 aliphatic rings. The predicted octanol–water partition coefficient (Wildman–Crippen LogP) is 3.15. The summed E-state index contributed by atoms with van der Waals surface area (Å²) in [5, 5.41) is 2.72. The van der Waals surface area contributed by atoms with Crippen molar-refractivity contribution < 1.29 is 23.8 Å². The molecule has 0 bridgehead atoms. The fourth-order valence-electron chi connectivity index (χ4n) is 2.92. The summed E-state index contributed by atoms with van der Waals surface area (Å²) in [6, 6.07) is 7.00. The third-order valence-electron chi connectivity index (χ3n) is 4.24. The summed E-state index contributed by atoms with van der Waals surface area (Å²) in [5.74, 6) is 0.378. The van der Waals surface area contributed by atoms with Crippen molar-refractivity contribution in [3.05, 3.63) is 39.6 Å². The third kappa shape index (κ3) is 3.19. The molecule has 1 N–H and O–H groups in total. The van der Waals surface area contributed by atoms with Crippen LogP contribution in [0.3, 0.4) is 0 Å². The highest BCUT2D eigenvalue weighted by Gasteiger charge is 2.24. The molecule has 0 fully saturated rings. The SMILES string of the molecule is CC(OC(=O)c1cc2c(s1)CCC2)C(=O)Nc1ccc2c(c1)OCO2. The van der Waals surface area contributed by atoms with Crippen molar-refractivity contribution in [2.75, 3.05) is 12.1 Å². The van der Waals surface area contributed by atoms with Crippen molar-refractivity contribution in [1.29, 1.82) is 0 Å². The Kier molecular flexibility index (Phi) is 4.09. The van der Waals surface area contributed by atoms with Crippen LogP contribution in [-0.2, 0) is 22.4 Å². The topological polar surface area (TPSA) is 73.9 Å². The molecule has 1 aliphatic carbocycles. The van der Waals surface area contributed by atoms with Gasteiger partial charge in [-0.15, -0.1) is 11.3 Å². The van der Waals surface area contributed by atoms with Gasteiger partial charge in [-0.05, 0) is 49.9 Å². The molecule has 0 spiro atoms. The van der Waals surface area contributed by atoms with Gasteiger partial charge >= 0.3 is 5.97 Å². The highest BCUT2D eigenvalue weighted by molar-refractivity contribution is 7.14. The Bertz CT molecular complexity index is 822. The number of fused-ring (bicyclic) bond motifs is 2. The molecule has 1 amide bonds. The number of nitrogens with one attached hydrogen (secondary N) is 1. The van der Waals surface area contributed by atoms with Crippen molar-refractivity contribution in [3.8, 4) is 11.5 Å². The summed E-state index contributed by atoms with van der Waals surface area (Å²) in [6.45, 7) is 1.73. The van der Waals surface area contributed by atoms with E-state index in [2.05, 4.69) is 5.32 Å². The maximum absolute atomic E-state index is 12.3. The number of aryl methyl sites for hydroxylation is 2. The second-order valence-corrected chi connectivity index (χ2v) is 7.15. The lowest BCUT2D eigenvalue weighted by Gasteiger charge is -2.13. The summed E-state index contributed by atoms with van der Waals surface area (Å²) in [6.07, 6.45) is 2.28. The minimum absolute atomic E-state index is 0.172. The number of esters is 1. The van der Waals surface area contributed by atoms with Crippen molar-refractivity contribution in [2.45, 2.75) is 32.3 Å². The molecule has 0 radical (unpaired) electrons. The number of ether oxygens (including phenoxy) is 3. The van der Waals surface area contributed by atoms with E-state index in [0.29, 0.717) is 22.1 Å². The van der Waals surface area contributed by atoms with Gasteiger partial charge < -0.3 is 19.5 Å². The van der Waals surface area contributed by atoms with E-state index in [-0.39, 0.29) is 6.79 Å². The molecule has 2 aromatic rings. The van der Waals surface area contributed by atoms with Gasteiger partial charge in [0.25, 0.3) is 5.91 Å². The monoisotopic (exact) mass is 359 g/mol. The molecule has 0 saturated heterocycles. The molecule has 1 aromatic heterocycles. The average Bonchev–Trinajstić information content (AvgIpc) is 3.29. The number of anilines is 1. The van der Waals surface area contributed by atoms with E-state index in [9.17, 15) is 9.59 Å². The van der Waals surface area contributed by atoms with Crippen LogP contribution < -0.4 is 14.8 Å². The maximum Gasteiger partial charge on any atom is 0.349 e. The fourth-order valence-corrected chi connectivity index (χ4v) is 4.06. The van der Waals surface area contributed by atoms with Crippen LogP contribution in [0.5, 0.6) is 11.5 Å². The van der Waals surface area contributed by atoms with Gasteiger partial charge in [0, 0.05) is 16.6 Å². The first-order valence-electron chi connectivity index (χ1n) is 8.13. The zero-order valence-corrected chi connectivity index (χ0v) is 14.5. The molecule has 130 valence electrons. The van der Waals surface area contributed by atoms with E-state index in [1.54, 1.807) is 25.1 Å². The van der Waals surface area contributed by atoms with Crippen LogP contribution in [-0.4, -0.2) is 24.8 Å². The Hall–Kier alpha value is -2.54. The van der Waals surface area contributed by atoms with E-state index in [1.807, 2.05) is 6.07 Å². The minimum atomic E-state index is -0.894. The van der Waals surface area contributed by atoms with E-state index < -0.39 is 18.0 Å². The first kappa shape index (κ1) is 16.0. The second kappa shape index (κ2) is 6.40. The quantitative estimate of drug-likeness (QED) is 0.849. The predicted molar refractivity (Wildman–Crippen MR) is 92.4 cm³/mol. The fraction of sp³-hybridized carbons (Fsp3) is 0.333. The molecule has 2 heterocycles. The summed E-state index contributed by atoms with van der Waals surface area (Å²) >= 11 is 1.46. The van der Waals surface area contributed by atoms with Crippen LogP contribution in [0, 0.1) is 0 Å². The van der Waals surface area contributed by atoms with E-state index in [1.165, 1.54) is 21.8 Å². The Labute approximate surface area is 148 Å². The molecule has 1 unspecified atom stereocenters. The molecule has 7 heteroatoms. The van der Waals surface area contributed by atoms with Crippen LogP contribution in [0.15, 0.2) is 24.3 Å². The van der Waals surface area contributed by atoms with Crippen molar-refractivity contribution in [3.63, 3.8) is 0 Å². The zero-order valence-electron chi connectivity index (χ0n) is 13.7. The highest BCUT2D eigenvalue weighted by Crippen LogP contribution is 2.34. The van der Waals surface area contributed by atoms with Gasteiger partial charge in [-0.1, -0.05) is 0 Å². The summed E-state index contributed by atoms with van der Waals surface area (Å²) in [7, 11) is 0. The van der Waals surface area contributed by atoms with Gasteiger partial charge in [0.05, 0.1) is 0 Å². The minimum Gasteiger partial charge on any atom is -0.454 e. The van der Waals surface area contributed by atoms with Crippen LogP contribution in [0.2, 0.25) is 0 Å². The number of thiophene rings is 1. The van der Waals surface area contributed by atoms with Gasteiger partial charge in [-0.25, -0.2) is 4.79 Å². The molecular weight excluding hydrogens is 342 g/mol. The molecular formula is C18H17NO5S. The number of rotatable bonds is 4. The van der Waals surface area contributed by atoms with Gasteiger partial charge in [0.15, 0.2) is 17.6 Å². The lowest BCUT2D eigenvalue weighted by Crippen LogP contribution is -2.29. The number of hydrogen-bond donors (Lipinski definition) is 1. The van der Waals surface area contributed by atoms with E-state index in [0.717, 1.165) is 19.3 Å². The Morgan fingerprint density at radius 3 is 2.88 bits per heavy atom. The largest absolute Gasteiger partial charge is 0.454 e. The van der Waals surface area contributed by atoms with E-state index >= 15 is 0 Å². The number of amides is 1. The number of benzene rings is 1. The molecule has 1 atom stereocenters.